The van der Waals surface area contributed by atoms with Crippen LogP contribution in [0.15, 0.2) is 47.1 Å². The molecule has 0 fully saturated rings. The zero-order valence-corrected chi connectivity index (χ0v) is 13.9. The van der Waals surface area contributed by atoms with Crippen molar-refractivity contribution in [2.75, 3.05) is 14.1 Å². The predicted octanol–water partition coefficient (Wildman–Crippen LogP) is 4.33. The van der Waals surface area contributed by atoms with Gasteiger partial charge in [0.1, 0.15) is 0 Å². The highest BCUT2D eigenvalue weighted by atomic mass is 15.1. The lowest BCUT2D eigenvalue weighted by molar-refractivity contribution is 0.533. The molecule has 0 saturated carbocycles. The summed E-state index contributed by atoms with van der Waals surface area (Å²) in [6.45, 7) is 6.38. The summed E-state index contributed by atoms with van der Waals surface area (Å²) in [6, 6.07) is 8.68. The molecule has 0 heterocycles. The molecule has 0 atom stereocenters. The Morgan fingerprint density at radius 3 is 2.57 bits per heavy atom. The van der Waals surface area contributed by atoms with Gasteiger partial charge in [0.15, 0.2) is 0 Å². The topological polar surface area (TPSA) is 15.6 Å². The van der Waals surface area contributed by atoms with E-state index in [0.29, 0.717) is 0 Å². The van der Waals surface area contributed by atoms with Gasteiger partial charge in [-0.1, -0.05) is 30.3 Å². The Hall–Kier alpha value is -1.83. The van der Waals surface area contributed by atoms with E-state index in [4.69, 9.17) is 0 Å². The summed E-state index contributed by atoms with van der Waals surface area (Å²) in [4.78, 5) is 6.80. The van der Waals surface area contributed by atoms with Gasteiger partial charge in [-0.2, -0.15) is 0 Å². The maximum atomic E-state index is 4.61. The van der Waals surface area contributed by atoms with Crippen molar-refractivity contribution in [1.29, 1.82) is 0 Å². The number of hydrogen-bond acceptors (Lipinski definition) is 2. The fraction of sp³-hybridized carbons (Fsp3) is 0.421. The molecular weight excluding hydrogens is 256 g/mol. The fourth-order valence-electron chi connectivity index (χ4n) is 2.57. The fourth-order valence-corrected chi connectivity index (χ4v) is 2.57. The SMILES string of the molecule is CN(C)C1=C(c2ccccc2CC=NC(C)(C)C)CC=C1. The van der Waals surface area contributed by atoms with Crippen LogP contribution >= 0.6 is 0 Å². The summed E-state index contributed by atoms with van der Waals surface area (Å²) < 4.78 is 0. The first-order valence-electron chi connectivity index (χ1n) is 7.57. The maximum absolute atomic E-state index is 4.61. The molecule has 0 radical (unpaired) electrons. The third kappa shape index (κ3) is 4.07. The highest BCUT2D eigenvalue weighted by molar-refractivity contribution is 5.78. The Morgan fingerprint density at radius 2 is 1.90 bits per heavy atom. The van der Waals surface area contributed by atoms with Crippen molar-refractivity contribution in [2.45, 2.75) is 39.2 Å². The van der Waals surface area contributed by atoms with Gasteiger partial charge in [0, 0.05) is 32.4 Å². The van der Waals surface area contributed by atoms with Crippen LogP contribution in [0.1, 0.15) is 38.3 Å². The second-order valence-electron chi connectivity index (χ2n) is 6.71. The molecule has 0 saturated heterocycles. The standard InChI is InChI=1S/C19H26N2/c1-19(2,3)20-14-13-15-9-6-7-10-16(15)17-11-8-12-18(17)21(4)5/h6-10,12,14H,11,13H2,1-5H3. The van der Waals surface area contributed by atoms with Crippen LogP contribution in [0.3, 0.4) is 0 Å². The van der Waals surface area contributed by atoms with Gasteiger partial charge in [-0.05, 0) is 50.0 Å². The lowest BCUT2D eigenvalue weighted by Gasteiger charge is -2.18. The molecule has 1 aromatic carbocycles. The second kappa shape index (κ2) is 6.30. The average Bonchev–Trinajstić information content (AvgIpc) is 2.87. The van der Waals surface area contributed by atoms with Crippen LogP contribution in [-0.4, -0.2) is 30.7 Å². The maximum Gasteiger partial charge on any atom is 0.0520 e. The van der Waals surface area contributed by atoms with Crippen molar-refractivity contribution in [1.82, 2.24) is 4.90 Å². The number of hydrogen-bond donors (Lipinski definition) is 0. The Balaban J connectivity index is 2.30. The Morgan fingerprint density at radius 1 is 1.19 bits per heavy atom. The summed E-state index contributed by atoms with van der Waals surface area (Å²) >= 11 is 0. The van der Waals surface area contributed by atoms with E-state index in [-0.39, 0.29) is 5.54 Å². The summed E-state index contributed by atoms with van der Waals surface area (Å²) in [6.07, 6.45) is 8.41. The van der Waals surface area contributed by atoms with E-state index in [1.807, 2.05) is 0 Å². The molecule has 1 aromatic rings. The molecule has 0 bridgehead atoms. The van der Waals surface area contributed by atoms with Crippen molar-refractivity contribution >= 4 is 11.8 Å². The third-order valence-electron chi connectivity index (χ3n) is 3.52. The molecule has 2 heteroatoms. The second-order valence-corrected chi connectivity index (χ2v) is 6.71. The zero-order valence-electron chi connectivity index (χ0n) is 13.9. The molecule has 112 valence electrons. The highest BCUT2D eigenvalue weighted by Crippen LogP contribution is 2.32. The largest absolute Gasteiger partial charge is 0.377 e. The first-order valence-corrected chi connectivity index (χ1v) is 7.57. The summed E-state index contributed by atoms with van der Waals surface area (Å²) in [5, 5.41) is 0. The Kier molecular flexibility index (Phi) is 4.66. The zero-order chi connectivity index (χ0) is 15.5. The molecule has 1 aliphatic rings. The Labute approximate surface area is 128 Å². The quantitative estimate of drug-likeness (QED) is 0.750. The number of nitrogens with zero attached hydrogens (tertiary/aromatic N) is 2. The molecular formula is C19H26N2. The molecule has 1 aliphatic carbocycles. The minimum absolute atomic E-state index is 0.00206. The van der Waals surface area contributed by atoms with Gasteiger partial charge < -0.3 is 4.90 Å². The van der Waals surface area contributed by atoms with E-state index in [9.17, 15) is 0 Å². The third-order valence-corrected chi connectivity index (χ3v) is 3.52. The van der Waals surface area contributed by atoms with Crippen molar-refractivity contribution in [3.05, 3.63) is 53.2 Å². The van der Waals surface area contributed by atoms with Crippen LogP contribution in [0.25, 0.3) is 5.57 Å². The van der Waals surface area contributed by atoms with Crippen LogP contribution in [0.4, 0.5) is 0 Å². The van der Waals surface area contributed by atoms with Crippen molar-refractivity contribution in [2.24, 2.45) is 4.99 Å². The van der Waals surface area contributed by atoms with E-state index in [2.05, 4.69) is 87.4 Å². The van der Waals surface area contributed by atoms with Crippen molar-refractivity contribution in [3.8, 4) is 0 Å². The summed E-state index contributed by atoms with van der Waals surface area (Å²) in [5.74, 6) is 0. The first-order chi connectivity index (χ1) is 9.88. The molecule has 2 rings (SSSR count). The first kappa shape index (κ1) is 15.6. The molecule has 0 amide bonds. The smallest absolute Gasteiger partial charge is 0.0520 e. The van der Waals surface area contributed by atoms with Gasteiger partial charge in [0.05, 0.1) is 5.54 Å². The molecule has 21 heavy (non-hydrogen) atoms. The number of likely N-dealkylation sites (N-methyl/N-ethyl adjacent to an activating group) is 1. The molecule has 0 aromatic heterocycles. The van der Waals surface area contributed by atoms with E-state index in [0.717, 1.165) is 12.8 Å². The van der Waals surface area contributed by atoms with Crippen molar-refractivity contribution < 1.29 is 0 Å². The van der Waals surface area contributed by atoms with Crippen LogP contribution in [0, 0.1) is 0 Å². The molecule has 2 nitrogen and oxygen atoms in total. The molecule has 0 aliphatic heterocycles. The number of aliphatic imine (C=N–C) groups is 1. The summed E-state index contributed by atoms with van der Waals surface area (Å²) in [7, 11) is 4.21. The lowest BCUT2D eigenvalue weighted by atomic mass is 9.96. The highest BCUT2D eigenvalue weighted by Gasteiger charge is 2.15. The van der Waals surface area contributed by atoms with Gasteiger partial charge in [-0.15, -0.1) is 0 Å². The van der Waals surface area contributed by atoms with Gasteiger partial charge in [0.25, 0.3) is 0 Å². The summed E-state index contributed by atoms with van der Waals surface area (Å²) in [5.41, 5.74) is 5.43. The van der Waals surface area contributed by atoms with Crippen LogP contribution in [0.5, 0.6) is 0 Å². The minimum Gasteiger partial charge on any atom is -0.377 e. The van der Waals surface area contributed by atoms with Crippen LogP contribution < -0.4 is 0 Å². The Bertz CT molecular complexity index is 584. The van der Waals surface area contributed by atoms with E-state index < -0.39 is 0 Å². The van der Waals surface area contributed by atoms with E-state index >= 15 is 0 Å². The van der Waals surface area contributed by atoms with Gasteiger partial charge in [-0.25, -0.2) is 0 Å². The molecule has 0 N–H and O–H groups in total. The lowest BCUT2D eigenvalue weighted by Crippen LogP contribution is -2.11. The van der Waals surface area contributed by atoms with Gasteiger partial charge >= 0.3 is 0 Å². The predicted molar refractivity (Wildman–Crippen MR) is 92.8 cm³/mol. The monoisotopic (exact) mass is 282 g/mol. The van der Waals surface area contributed by atoms with Crippen molar-refractivity contribution in [3.63, 3.8) is 0 Å². The van der Waals surface area contributed by atoms with E-state index in [1.165, 1.54) is 22.4 Å². The molecule has 0 spiro atoms. The molecule has 0 unspecified atom stereocenters. The average molecular weight is 282 g/mol. The van der Waals surface area contributed by atoms with Crippen LogP contribution in [0.2, 0.25) is 0 Å². The van der Waals surface area contributed by atoms with Gasteiger partial charge in [-0.3, -0.25) is 4.99 Å². The van der Waals surface area contributed by atoms with E-state index in [1.54, 1.807) is 0 Å². The number of allylic oxidation sites excluding steroid dienone is 3. The minimum atomic E-state index is -0.00206. The normalized spacial score (nSPS) is 15.3. The number of rotatable bonds is 4. The van der Waals surface area contributed by atoms with Crippen LogP contribution in [-0.2, 0) is 6.42 Å². The number of benzene rings is 1. The van der Waals surface area contributed by atoms with Gasteiger partial charge in [0.2, 0.25) is 0 Å².